The summed E-state index contributed by atoms with van der Waals surface area (Å²) >= 11 is 11.9. The average Bonchev–Trinajstić information content (AvgIpc) is 2.77. The molecule has 1 aromatic rings. The van der Waals surface area contributed by atoms with Gasteiger partial charge in [0.05, 0.1) is 17.2 Å². The lowest BCUT2D eigenvalue weighted by molar-refractivity contribution is -0.141. The third-order valence-corrected chi connectivity index (χ3v) is 3.27. The molecule has 1 fully saturated rings. The Morgan fingerprint density at radius 2 is 2.35 bits per heavy atom. The van der Waals surface area contributed by atoms with Crippen molar-refractivity contribution in [3.05, 3.63) is 22.3 Å². The van der Waals surface area contributed by atoms with E-state index in [9.17, 15) is 4.79 Å². The lowest BCUT2D eigenvalue weighted by Gasteiger charge is -2.24. The molecule has 1 aliphatic heterocycles. The maximum Gasteiger partial charge on any atom is 0.328 e. The van der Waals surface area contributed by atoms with E-state index in [1.54, 1.807) is 6.07 Å². The number of carbonyl (C=O) groups is 1. The van der Waals surface area contributed by atoms with Gasteiger partial charge < -0.3 is 9.64 Å². The number of methoxy groups -OCH3 is 1. The second kappa shape index (κ2) is 5.10. The van der Waals surface area contributed by atoms with Crippen LogP contribution in [0.3, 0.4) is 0 Å². The van der Waals surface area contributed by atoms with E-state index in [0.717, 1.165) is 19.4 Å². The van der Waals surface area contributed by atoms with Crippen molar-refractivity contribution in [1.82, 2.24) is 4.98 Å². The molecule has 2 rings (SSSR count). The minimum absolute atomic E-state index is 0.254. The molecule has 1 atom stereocenters. The van der Waals surface area contributed by atoms with Crippen LogP contribution in [-0.2, 0) is 9.53 Å². The van der Waals surface area contributed by atoms with Crippen molar-refractivity contribution in [2.75, 3.05) is 18.6 Å². The second-order valence-electron chi connectivity index (χ2n) is 3.83. The van der Waals surface area contributed by atoms with Gasteiger partial charge in [-0.3, -0.25) is 0 Å². The second-order valence-corrected chi connectivity index (χ2v) is 4.68. The number of ether oxygens (including phenoxy) is 1. The topological polar surface area (TPSA) is 42.4 Å². The van der Waals surface area contributed by atoms with Crippen LogP contribution in [0.1, 0.15) is 12.8 Å². The molecule has 2 heterocycles. The Kier molecular flexibility index (Phi) is 3.74. The molecule has 0 N–H and O–H groups in total. The minimum Gasteiger partial charge on any atom is -0.467 e. The minimum atomic E-state index is -0.300. The molecule has 0 aromatic carbocycles. The lowest BCUT2D eigenvalue weighted by Crippen LogP contribution is -2.37. The number of halogens is 2. The standard InChI is InChI=1S/C11H12Cl2N2O2/c1-17-11(16)9-3-2-4-15(9)10-8(13)5-7(12)6-14-10/h5-6,9H,2-4H2,1H3. The molecule has 92 valence electrons. The third-order valence-electron chi connectivity index (χ3n) is 2.79. The first-order chi connectivity index (χ1) is 8.13. The maximum atomic E-state index is 11.6. The molecule has 1 aliphatic rings. The summed E-state index contributed by atoms with van der Waals surface area (Å²) < 4.78 is 4.77. The van der Waals surface area contributed by atoms with Gasteiger partial charge in [-0.25, -0.2) is 9.78 Å². The highest BCUT2D eigenvalue weighted by molar-refractivity contribution is 6.36. The number of anilines is 1. The molecule has 0 spiro atoms. The van der Waals surface area contributed by atoms with Gasteiger partial charge in [0.25, 0.3) is 0 Å². The number of hydrogen-bond donors (Lipinski definition) is 0. The summed E-state index contributed by atoms with van der Waals surface area (Å²) in [6.07, 6.45) is 3.20. The van der Waals surface area contributed by atoms with Gasteiger partial charge in [0.2, 0.25) is 0 Å². The zero-order chi connectivity index (χ0) is 12.4. The van der Waals surface area contributed by atoms with E-state index in [4.69, 9.17) is 27.9 Å². The van der Waals surface area contributed by atoms with Crippen LogP contribution in [0.15, 0.2) is 12.3 Å². The molecule has 0 aliphatic carbocycles. The van der Waals surface area contributed by atoms with Crippen LogP contribution in [0.5, 0.6) is 0 Å². The zero-order valence-corrected chi connectivity index (χ0v) is 10.8. The van der Waals surface area contributed by atoms with Crippen LogP contribution in [0.4, 0.5) is 5.82 Å². The highest BCUT2D eigenvalue weighted by Gasteiger charge is 2.33. The molecule has 1 unspecified atom stereocenters. The Morgan fingerprint density at radius 3 is 3.00 bits per heavy atom. The fraction of sp³-hybridized carbons (Fsp3) is 0.455. The van der Waals surface area contributed by atoms with Crippen molar-refractivity contribution in [1.29, 1.82) is 0 Å². The van der Waals surface area contributed by atoms with E-state index in [-0.39, 0.29) is 12.0 Å². The van der Waals surface area contributed by atoms with Crippen LogP contribution >= 0.6 is 23.2 Å². The van der Waals surface area contributed by atoms with Gasteiger partial charge in [0.15, 0.2) is 0 Å². The van der Waals surface area contributed by atoms with E-state index in [1.165, 1.54) is 13.3 Å². The first-order valence-corrected chi connectivity index (χ1v) is 6.04. The van der Waals surface area contributed by atoms with E-state index < -0.39 is 0 Å². The molecule has 4 nitrogen and oxygen atoms in total. The molecule has 0 saturated carbocycles. The van der Waals surface area contributed by atoms with Crippen molar-refractivity contribution in [2.24, 2.45) is 0 Å². The Bertz CT molecular complexity index is 439. The predicted octanol–water partition coefficient (Wildman–Crippen LogP) is 2.53. The molecule has 0 radical (unpaired) electrons. The normalized spacial score (nSPS) is 19.5. The van der Waals surface area contributed by atoms with Crippen LogP contribution in [-0.4, -0.2) is 30.6 Å². The van der Waals surface area contributed by atoms with E-state index in [1.807, 2.05) is 4.90 Å². The van der Waals surface area contributed by atoms with Gasteiger partial charge in [0.1, 0.15) is 11.9 Å². The van der Waals surface area contributed by atoms with Crippen molar-refractivity contribution < 1.29 is 9.53 Å². The largest absolute Gasteiger partial charge is 0.467 e. The van der Waals surface area contributed by atoms with Gasteiger partial charge in [-0.15, -0.1) is 0 Å². The summed E-state index contributed by atoms with van der Waals surface area (Å²) in [6, 6.07) is 1.32. The SMILES string of the molecule is COC(=O)C1CCCN1c1ncc(Cl)cc1Cl. The molecule has 0 bridgehead atoms. The van der Waals surface area contributed by atoms with E-state index in [0.29, 0.717) is 15.9 Å². The number of carbonyl (C=O) groups excluding carboxylic acids is 1. The smallest absolute Gasteiger partial charge is 0.328 e. The summed E-state index contributed by atoms with van der Waals surface area (Å²) in [4.78, 5) is 17.7. The molecule has 17 heavy (non-hydrogen) atoms. The molecule has 1 aromatic heterocycles. The van der Waals surface area contributed by atoms with Crippen LogP contribution in [0.2, 0.25) is 10.0 Å². The quantitative estimate of drug-likeness (QED) is 0.778. The van der Waals surface area contributed by atoms with Crippen LogP contribution in [0, 0.1) is 0 Å². The average molecular weight is 275 g/mol. The fourth-order valence-electron chi connectivity index (χ4n) is 2.02. The third kappa shape index (κ3) is 2.48. The number of pyridine rings is 1. The van der Waals surface area contributed by atoms with Crippen molar-refractivity contribution >= 4 is 35.0 Å². The first-order valence-electron chi connectivity index (χ1n) is 5.29. The van der Waals surface area contributed by atoms with Gasteiger partial charge in [0, 0.05) is 12.7 Å². The highest BCUT2D eigenvalue weighted by atomic mass is 35.5. The van der Waals surface area contributed by atoms with Crippen molar-refractivity contribution in [3.63, 3.8) is 0 Å². The molecule has 0 amide bonds. The fourth-order valence-corrected chi connectivity index (χ4v) is 2.51. The molecule has 1 saturated heterocycles. The number of esters is 1. The van der Waals surface area contributed by atoms with E-state index in [2.05, 4.69) is 4.98 Å². The number of aromatic nitrogens is 1. The van der Waals surface area contributed by atoms with Crippen LogP contribution in [0.25, 0.3) is 0 Å². The Morgan fingerprint density at radius 1 is 1.59 bits per heavy atom. The summed E-state index contributed by atoms with van der Waals surface area (Å²) in [5, 5.41) is 0.931. The van der Waals surface area contributed by atoms with Gasteiger partial charge in [-0.05, 0) is 18.9 Å². The Labute approximate surface area is 109 Å². The number of hydrogen-bond acceptors (Lipinski definition) is 4. The molecular weight excluding hydrogens is 263 g/mol. The van der Waals surface area contributed by atoms with Gasteiger partial charge >= 0.3 is 5.97 Å². The Balaban J connectivity index is 2.29. The van der Waals surface area contributed by atoms with Gasteiger partial charge in [-0.2, -0.15) is 0 Å². The monoisotopic (exact) mass is 274 g/mol. The lowest BCUT2D eigenvalue weighted by atomic mass is 10.2. The summed E-state index contributed by atoms with van der Waals surface area (Å²) in [5.41, 5.74) is 0. The van der Waals surface area contributed by atoms with Gasteiger partial charge in [-0.1, -0.05) is 23.2 Å². The number of rotatable bonds is 2. The van der Waals surface area contributed by atoms with Crippen LogP contribution < -0.4 is 4.90 Å². The van der Waals surface area contributed by atoms with E-state index >= 15 is 0 Å². The predicted molar refractivity (Wildman–Crippen MR) is 66.6 cm³/mol. The first kappa shape index (κ1) is 12.5. The maximum absolute atomic E-state index is 11.6. The summed E-state index contributed by atoms with van der Waals surface area (Å²) in [7, 11) is 1.38. The number of nitrogens with zero attached hydrogens (tertiary/aromatic N) is 2. The summed E-state index contributed by atoms with van der Waals surface area (Å²) in [6.45, 7) is 0.744. The zero-order valence-electron chi connectivity index (χ0n) is 9.32. The summed E-state index contributed by atoms with van der Waals surface area (Å²) in [5.74, 6) is 0.333. The Hall–Kier alpha value is -1.000. The van der Waals surface area contributed by atoms with Crippen molar-refractivity contribution in [2.45, 2.75) is 18.9 Å². The molecule has 6 heteroatoms. The highest BCUT2D eigenvalue weighted by Crippen LogP contribution is 2.31. The van der Waals surface area contributed by atoms with Crippen molar-refractivity contribution in [3.8, 4) is 0 Å². The molecular formula is C11H12Cl2N2O2.